The Hall–Kier alpha value is -0.873. The molecular weight excluding hydrogens is 180 g/mol. The van der Waals surface area contributed by atoms with Crippen LogP contribution in [0.5, 0.6) is 0 Å². The van der Waals surface area contributed by atoms with Gasteiger partial charge in [0.25, 0.3) is 0 Å². The van der Waals surface area contributed by atoms with E-state index < -0.39 is 0 Å². The van der Waals surface area contributed by atoms with Crippen molar-refractivity contribution < 1.29 is 4.74 Å². The Morgan fingerprint density at radius 2 is 2.38 bits per heavy atom. The first kappa shape index (κ1) is 12.1. The van der Waals surface area contributed by atoms with E-state index in [1.165, 1.54) is 0 Å². The molecule has 0 radical (unpaired) electrons. The summed E-state index contributed by atoms with van der Waals surface area (Å²) in [7, 11) is 0. The monoisotopic (exact) mass is 198 g/mol. The number of hydrogen-bond donors (Lipinski definition) is 0. The van der Waals surface area contributed by atoms with Crippen molar-refractivity contribution in [1.82, 2.24) is 9.55 Å². The zero-order valence-corrected chi connectivity index (χ0v) is 7.53. The molecule has 0 amide bonds. The zero-order valence-electron chi connectivity index (χ0n) is 7.53. The average Bonchev–Trinajstić information content (AvgIpc) is 2.51. The number of hydrogen-bond acceptors (Lipinski definition) is 2. The van der Waals surface area contributed by atoms with Crippen LogP contribution in [0.4, 0.5) is 0 Å². The molecule has 0 aliphatic carbocycles. The fourth-order valence-corrected chi connectivity index (χ4v) is 0.703. The van der Waals surface area contributed by atoms with Gasteiger partial charge >= 0.3 is 0 Å². The van der Waals surface area contributed by atoms with Gasteiger partial charge in [0.1, 0.15) is 6.73 Å². The molecule has 0 aliphatic heterocycles. The second-order valence-corrected chi connectivity index (χ2v) is 2.86. The minimum Gasteiger partial charge on any atom is -0.353 e. The van der Waals surface area contributed by atoms with Gasteiger partial charge in [-0.15, -0.1) is 0 Å². The Morgan fingerprint density at radius 3 is 2.85 bits per heavy atom. The molecule has 1 heterocycles. The van der Waals surface area contributed by atoms with E-state index in [1.54, 1.807) is 12.5 Å². The fourth-order valence-electron chi connectivity index (χ4n) is 0.703. The zero-order chi connectivity index (χ0) is 8.97. The molecule has 0 aromatic carbocycles. The molecule has 0 spiro atoms. The van der Waals surface area contributed by atoms with Gasteiger partial charge in [-0.05, 0) is 24.8 Å². The van der Waals surface area contributed by atoms with Crippen LogP contribution in [0, 0.1) is 0 Å². The van der Waals surface area contributed by atoms with Crippen molar-refractivity contribution in [2.24, 2.45) is 0 Å². The van der Waals surface area contributed by atoms with E-state index in [2.05, 4.69) is 11.6 Å². The molecule has 0 saturated carbocycles. The predicted octanol–water partition coefficient (Wildman–Crippen LogP) is 0.370. The molecule has 74 valence electrons. The second-order valence-electron chi connectivity index (χ2n) is 2.86. The molecule has 0 bridgehead atoms. The lowest BCUT2D eigenvalue weighted by Gasteiger charge is -2.12. The molecule has 0 aliphatic rings. The van der Waals surface area contributed by atoms with Crippen LogP contribution in [0.25, 0.3) is 0 Å². The molecule has 1 aromatic heterocycles. The van der Waals surface area contributed by atoms with E-state index in [0.29, 0.717) is 6.73 Å². The summed E-state index contributed by atoms with van der Waals surface area (Å²) in [6.07, 6.45) is 5.43. The Labute approximate surface area is 83.5 Å². The highest BCUT2D eigenvalue weighted by atomic mass is 28.1. The maximum absolute atomic E-state index is 5.47. The molecule has 4 heteroatoms. The maximum Gasteiger partial charge on any atom is 0.124 e. The third kappa shape index (κ3) is 4.05. The molecule has 3 nitrogen and oxygen atoms in total. The summed E-state index contributed by atoms with van der Waals surface area (Å²) in [5, 5.41) is 0. The van der Waals surface area contributed by atoms with Gasteiger partial charge in [-0.3, -0.25) is 0 Å². The van der Waals surface area contributed by atoms with Gasteiger partial charge in [-0.1, -0.05) is 12.2 Å². The van der Waals surface area contributed by atoms with Gasteiger partial charge in [0.2, 0.25) is 0 Å². The van der Waals surface area contributed by atoms with Gasteiger partial charge in [0.05, 0.1) is 12.4 Å². The van der Waals surface area contributed by atoms with Crippen LogP contribution in [-0.4, -0.2) is 26.6 Å². The minimum atomic E-state index is 0. The fraction of sp³-hybridized carbons (Fsp3) is 0.444. The van der Waals surface area contributed by atoms with Crippen LogP contribution >= 0.6 is 0 Å². The third-order valence-electron chi connectivity index (χ3n) is 1.73. The molecular formula is C9H18N2OSi. The summed E-state index contributed by atoms with van der Waals surface area (Å²) >= 11 is 0. The summed E-state index contributed by atoms with van der Waals surface area (Å²) in [5.41, 5.74) is 1.04. The summed E-state index contributed by atoms with van der Waals surface area (Å²) in [5.74, 6) is 0. The van der Waals surface area contributed by atoms with Gasteiger partial charge in [0, 0.05) is 12.4 Å². The first-order valence-corrected chi connectivity index (χ1v) is 3.93. The maximum atomic E-state index is 5.47. The highest BCUT2D eigenvalue weighted by molar-refractivity contribution is 5.75. The van der Waals surface area contributed by atoms with E-state index in [-0.39, 0.29) is 17.1 Å². The molecule has 1 aromatic rings. The number of imidazole rings is 1. The van der Waals surface area contributed by atoms with Crippen molar-refractivity contribution in [3.8, 4) is 0 Å². The van der Waals surface area contributed by atoms with Crippen molar-refractivity contribution >= 4 is 11.0 Å². The van der Waals surface area contributed by atoms with Crippen LogP contribution in [0.3, 0.4) is 0 Å². The van der Waals surface area contributed by atoms with Crippen molar-refractivity contribution in [1.29, 1.82) is 0 Å². The minimum absolute atomic E-state index is 0. The lowest BCUT2D eigenvalue weighted by Crippen LogP contribution is -2.11. The van der Waals surface area contributed by atoms with Crippen LogP contribution < -0.4 is 0 Å². The van der Waals surface area contributed by atoms with Crippen molar-refractivity contribution in [2.45, 2.75) is 26.7 Å². The largest absolute Gasteiger partial charge is 0.353 e. The van der Waals surface area contributed by atoms with Crippen molar-refractivity contribution in [3.63, 3.8) is 0 Å². The Morgan fingerprint density at radius 1 is 1.69 bits per heavy atom. The van der Waals surface area contributed by atoms with Gasteiger partial charge in [-0.25, -0.2) is 4.98 Å². The standard InChI is InChI=1S/C9H14N2O.H4Si/c1-8(2)9(3)12-7-11-5-4-10-6-11;/h4-6,9H,1,7H2,2-3H3;1H4. The van der Waals surface area contributed by atoms with Gasteiger partial charge in [-0.2, -0.15) is 0 Å². The van der Waals surface area contributed by atoms with Crippen molar-refractivity contribution in [2.75, 3.05) is 0 Å². The number of rotatable bonds is 4. The first-order chi connectivity index (χ1) is 5.70. The third-order valence-corrected chi connectivity index (χ3v) is 1.73. The van der Waals surface area contributed by atoms with Crippen LogP contribution in [-0.2, 0) is 11.5 Å². The van der Waals surface area contributed by atoms with Gasteiger partial charge < -0.3 is 9.30 Å². The van der Waals surface area contributed by atoms with E-state index in [4.69, 9.17) is 4.74 Å². The smallest absolute Gasteiger partial charge is 0.124 e. The Balaban J connectivity index is 0.00000144. The highest BCUT2D eigenvalue weighted by Crippen LogP contribution is 2.03. The van der Waals surface area contributed by atoms with E-state index in [9.17, 15) is 0 Å². The van der Waals surface area contributed by atoms with Gasteiger partial charge in [0.15, 0.2) is 0 Å². The summed E-state index contributed by atoms with van der Waals surface area (Å²) < 4.78 is 7.35. The van der Waals surface area contributed by atoms with Crippen molar-refractivity contribution in [3.05, 3.63) is 30.9 Å². The SMILES string of the molecule is C=C(C)C(C)OCn1ccnc1.[SiH4]. The molecule has 1 atom stereocenters. The summed E-state index contributed by atoms with van der Waals surface area (Å²) in [6, 6.07) is 0. The number of nitrogens with zero attached hydrogens (tertiary/aromatic N) is 2. The average molecular weight is 198 g/mol. The molecule has 0 fully saturated rings. The Bertz CT molecular complexity index is 246. The quantitative estimate of drug-likeness (QED) is 0.516. The molecule has 0 saturated heterocycles. The second kappa shape index (κ2) is 5.72. The lowest BCUT2D eigenvalue weighted by molar-refractivity contribution is 0.0384. The lowest BCUT2D eigenvalue weighted by atomic mass is 10.2. The number of ether oxygens (including phenoxy) is 1. The molecule has 1 unspecified atom stereocenters. The highest BCUT2D eigenvalue weighted by Gasteiger charge is 2.01. The molecule has 0 N–H and O–H groups in total. The molecule has 1 rings (SSSR count). The van der Waals surface area contributed by atoms with E-state index in [0.717, 1.165) is 5.57 Å². The van der Waals surface area contributed by atoms with Crippen LogP contribution in [0.1, 0.15) is 13.8 Å². The van der Waals surface area contributed by atoms with Crippen LogP contribution in [0.2, 0.25) is 0 Å². The van der Waals surface area contributed by atoms with Crippen LogP contribution in [0.15, 0.2) is 30.9 Å². The van der Waals surface area contributed by atoms with E-state index in [1.807, 2.05) is 24.6 Å². The Kier molecular flexibility index (Phi) is 5.33. The summed E-state index contributed by atoms with van der Waals surface area (Å²) in [6.45, 7) is 8.28. The topological polar surface area (TPSA) is 27.1 Å². The summed E-state index contributed by atoms with van der Waals surface area (Å²) in [4.78, 5) is 3.91. The van der Waals surface area contributed by atoms with E-state index >= 15 is 0 Å². The number of aromatic nitrogens is 2. The molecule has 13 heavy (non-hydrogen) atoms. The normalized spacial score (nSPS) is 11.8. The predicted molar refractivity (Wildman–Crippen MR) is 58.9 cm³/mol. The first-order valence-electron chi connectivity index (χ1n) is 3.93.